The fourth-order valence-electron chi connectivity index (χ4n) is 2.48. The van der Waals surface area contributed by atoms with Crippen LogP contribution in [0.3, 0.4) is 0 Å². The predicted octanol–water partition coefficient (Wildman–Crippen LogP) is 1.61. The summed E-state index contributed by atoms with van der Waals surface area (Å²) >= 11 is 0. The van der Waals surface area contributed by atoms with E-state index in [9.17, 15) is 10.1 Å². The van der Waals surface area contributed by atoms with Gasteiger partial charge in [-0.3, -0.25) is 0 Å². The minimum atomic E-state index is -0.495. The van der Waals surface area contributed by atoms with Crippen LogP contribution in [-0.4, -0.2) is 26.7 Å². The largest absolute Gasteiger partial charge is 0.391 e. The number of rotatable bonds is 2. The van der Waals surface area contributed by atoms with Crippen molar-refractivity contribution in [2.75, 3.05) is 0 Å². The van der Waals surface area contributed by atoms with Gasteiger partial charge < -0.3 is 15.0 Å². The molecular formula is C10H12N4O3. The summed E-state index contributed by atoms with van der Waals surface area (Å²) in [7, 11) is 0. The lowest BCUT2D eigenvalue weighted by molar-refractivity contribution is -0.389. The zero-order valence-electron chi connectivity index (χ0n) is 9.13. The van der Waals surface area contributed by atoms with Crippen LogP contribution in [0.2, 0.25) is 0 Å². The van der Waals surface area contributed by atoms with Crippen LogP contribution in [0.1, 0.15) is 31.5 Å². The van der Waals surface area contributed by atoms with Crippen molar-refractivity contribution in [3.05, 3.63) is 22.1 Å². The third-order valence-electron chi connectivity index (χ3n) is 3.34. The molecule has 1 aliphatic heterocycles. The molecule has 0 amide bonds. The number of nitrogens with zero attached hydrogens (tertiary/aromatic N) is 3. The average molecular weight is 236 g/mol. The van der Waals surface area contributed by atoms with Gasteiger partial charge in [-0.15, -0.1) is 0 Å². The number of H-pyrrole nitrogens is 1. The number of imidazole rings is 1. The van der Waals surface area contributed by atoms with E-state index in [2.05, 4.69) is 15.1 Å². The molecule has 2 heterocycles. The minimum absolute atomic E-state index is 0.109. The van der Waals surface area contributed by atoms with Gasteiger partial charge in [0.15, 0.2) is 5.71 Å². The Morgan fingerprint density at radius 1 is 1.47 bits per heavy atom. The van der Waals surface area contributed by atoms with E-state index in [4.69, 9.17) is 4.84 Å². The molecule has 1 fully saturated rings. The van der Waals surface area contributed by atoms with Gasteiger partial charge in [-0.25, -0.2) is 9.97 Å². The van der Waals surface area contributed by atoms with Crippen molar-refractivity contribution in [1.29, 1.82) is 0 Å². The van der Waals surface area contributed by atoms with Gasteiger partial charge in [0.25, 0.3) is 0 Å². The first-order valence-electron chi connectivity index (χ1n) is 5.69. The number of nitrogens with one attached hydrogen (secondary N) is 1. The summed E-state index contributed by atoms with van der Waals surface area (Å²) in [5, 5.41) is 14.6. The van der Waals surface area contributed by atoms with Gasteiger partial charge in [0.2, 0.25) is 5.82 Å². The van der Waals surface area contributed by atoms with Gasteiger partial charge in [-0.1, -0.05) is 11.6 Å². The highest BCUT2D eigenvalue weighted by Crippen LogP contribution is 2.34. The Balaban J connectivity index is 1.86. The van der Waals surface area contributed by atoms with Crippen molar-refractivity contribution < 1.29 is 9.76 Å². The SMILES string of the molecule is O=[N+]([O-])c1cnc(C2=NOC3CCCCC23)[nH]1. The van der Waals surface area contributed by atoms with E-state index < -0.39 is 4.92 Å². The molecule has 0 bridgehead atoms. The zero-order chi connectivity index (χ0) is 11.8. The molecule has 1 aromatic rings. The van der Waals surface area contributed by atoms with Gasteiger partial charge in [0.05, 0.1) is 5.92 Å². The van der Waals surface area contributed by atoms with E-state index in [0.717, 1.165) is 31.4 Å². The molecule has 2 aliphatic rings. The highest BCUT2D eigenvalue weighted by atomic mass is 16.6. The monoisotopic (exact) mass is 236 g/mol. The molecule has 0 aromatic carbocycles. The van der Waals surface area contributed by atoms with E-state index in [1.165, 1.54) is 6.20 Å². The van der Waals surface area contributed by atoms with Crippen LogP contribution in [0.4, 0.5) is 5.82 Å². The smallest absolute Gasteiger partial charge is 0.340 e. The van der Waals surface area contributed by atoms with E-state index in [0.29, 0.717) is 5.82 Å². The second-order valence-electron chi connectivity index (χ2n) is 4.39. The molecule has 17 heavy (non-hydrogen) atoms. The number of aromatic nitrogens is 2. The second kappa shape index (κ2) is 3.83. The molecule has 1 aromatic heterocycles. The van der Waals surface area contributed by atoms with Gasteiger partial charge >= 0.3 is 5.82 Å². The summed E-state index contributed by atoms with van der Waals surface area (Å²) in [6, 6.07) is 0. The fourth-order valence-corrected chi connectivity index (χ4v) is 2.48. The maximum Gasteiger partial charge on any atom is 0.340 e. The normalized spacial score (nSPS) is 27.2. The Morgan fingerprint density at radius 3 is 3.06 bits per heavy atom. The van der Waals surface area contributed by atoms with Crippen molar-refractivity contribution in [3.63, 3.8) is 0 Å². The summed E-state index contributed by atoms with van der Waals surface area (Å²) in [5.74, 6) is 0.586. The maximum absolute atomic E-state index is 10.6. The van der Waals surface area contributed by atoms with Crippen molar-refractivity contribution in [1.82, 2.24) is 9.97 Å². The number of hydrogen-bond acceptors (Lipinski definition) is 5. The molecule has 2 unspecified atom stereocenters. The Kier molecular flexibility index (Phi) is 2.31. The molecule has 7 heteroatoms. The van der Waals surface area contributed by atoms with Gasteiger partial charge in [-0.05, 0) is 24.2 Å². The van der Waals surface area contributed by atoms with Crippen LogP contribution in [0.25, 0.3) is 0 Å². The first kappa shape index (κ1) is 10.2. The van der Waals surface area contributed by atoms with Gasteiger partial charge in [0, 0.05) is 0 Å². The quantitative estimate of drug-likeness (QED) is 0.623. The maximum atomic E-state index is 10.6. The predicted molar refractivity (Wildman–Crippen MR) is 58.6 cm³/mol. The molecular weight excluding hydrogens is 224 g/mol. The van der Waals surface area contributed by atoms with Crippen LogP contribution < -0.4 is 0 Å². The lowest BCUT2D eigenvalue weighted by Gasteiger charge is -2.22. The number of hydrogen-bond donors (Lipinski definition) is 1. The molecule has 7 nitrogen and oxygen atoms in total. The van der Waals surface area contributed by atoms with Crippen molar-refractivity contribution in [2.24, 2.45) is 11.1 Å². The van der Waals surface area contributed by atoms with Gasteiger partial charge in [0.1, 0.15) is 12.3 Å². The number of aromatic amines is 1. The Morgan fingerprint density at radius 2 is 2.29 bits per heavy atom. The highest BCUT2D eigenvalue weighted by molar-refractivity contribution is 6.00. The zero-order valence-corrected chi connectivity index (χ0v) is 9.13. The van der Waals surface area contributed by atoms with Gasteiger partial charge in [-0.2, -0.15) is 0 Å². The molecule has 0 spiro atoms. The van der Waals surface area contributed by atoms with E-state index >= 15 is 0 Å². The first-order valence-corrected chi connectivity index (χ1v) is 5.69. The first-order chi connectivity index (χ1) is 8.25. The molecule has 1 aliphatic carbocycles. The Hall–Kier alpha value is -1.92. The van der Waals surface area contributed by atoms with Crippen LogP contribution >= 0.6 is 0 Å². The van der Waals surface area contributed by atoms with E-state index in [1.807, 2.05) is 0 Å². The molecule has 0 saturated heterocycles. The van der Waals surface area contributed by atoms with Crippen LogP contribution in [0.5, 0.6) is 0 Å². The molecule has 1 N–H and O–H groups in total. The summed E-state index contributed by atoms with van der Waals surface area (Å²) in [4.78, 5) is 22.1. The van der Waals surface area contributed by atoms with Crippen LogP contribution in [0.15, 0.2) is 11.4 Å². The van der Waals surface area contributed by atoms with Crippen molar-refractivity contribution in [2.45, 2.75) is 31.8 Å². The molecule has 2 atom stereocenters. The van der Waals surface area contributed by atoms with Crippen LogP contribution in [0, 0.1) is 16.0 Å². The van der Waals surface area contributed by atoms with Crippen molar-refractivity contribution >= 4 is 11.5 Å². The standard InChI is InChI=1S/C10H12N4O3/c15-14(16)8-5-11-10(12-8)9-6-3-1-2-4-7(6)17-13-9/h5-7H,1-4H2,(H,11,12). The summed E-state index contributed by atoms with van der Waals surface area (Å²) in [6.45, 7) is 0. The third-order valence-corrected chi connectivity index (χ3v) is 3.34. The average Bonchev–Trinajstić information content (AvgIpc) is 2.95. The Bertz CT molecular complexity index is 482. The summed E-state index contributed by atoms with van der Waals surface area (Å²) < 4.78 is 0. The second-order valence-corrected chi connectivity index (χ2v) is 4.39. The van der Waals surface area contributed by atoms with Crippen LogP contribution in [-0.2, 0) is 4.84 Å². The van der Waals surface area contributed by atoms with E-state index in [1.54, 1.807) is 0 Å². The fraction of sp³-hybridized carbons (Fsp3) is 0.600. The number of nitro groups is 1. The molecule has 0 radical (unpaired) electrons. The highest BCUT2D eigenvalue weighted by Gasteiger charge is 2.39. The topological polar surface area (TPSA) is 93.4 Å². The summed E-state index contributed by atoms with van der Waals surface area (Å²) in [6.07, 6.45) is 5.66. The molecule has 3 rings (SSSR count). The lowest BCUT2D eigenvalue weighted by atomic mass is 9.83. The molecule has 90 valence electrons. The van der Waals surface area contributed by atoms with E-state index in [-0.39, 0.29) is 17.8 Å². The third kappa shape index (κ3) is 1.67. The molecule has 1 saturated carbocycles. The minimum Gasteiger partial charge on any atom is -0.391 e. The van der Waals surface area contributed by atoms with Crippen molar-refractivity contribution in [3.8, 4) is 0 Å². The number of fused-ring (bicyclic) bond motifs is 1. The Labute approximate surface area is 97.0 Å². The summed E-state index contributed by atoms with van der Waals surface area (Å²) in [5.41, 5.74) is 0.725. The lowest BCUT2D eigenvalue weighted by Crippen LogP contribution is -2.27. The number of oxime groups is 1.